The summed E-state index contributed by atoms with van der Waals surface area (Å²) in [4.78, 5) is 53.1. The third-order valence-electron chi connectivity index (χ3n) is 6.97. The van der Waals surface area contributed by atoms with Gasteiger partial charge in [-0.05, 0) is 36.4 Å². The number of thioether (sulfide) groups is 1. The molecule has 1 saturated heterocycles. The van der Waals surface area contributed by atoms with E-state index < -0.39 is 47.8 Å². The van der Waals surface area contributed by atoms with Gasteiger partial charge in [0.2, 0.25) is 5.12 Å². The maximum absolute atomic E-state index is 13.5. The van der Waals surface area contributed by atoms with Gasteiger partial charge in [0.25, 0.3) is 0 Å². The van der Waals surface area contributed by atoms with Gasteiger partial charge >= 0.3 is 17.9 Å². The maximum Gasteiger partial charge on any atom is 0.338 e. The van der Waals surface area contributed by atoms with E-state index in [0.29, 0.717) is 11.1 Å². The van der Waals surface area contributed by atoms with Crippen LogP contribution in [-0.4, -0.2) is 66.6 Å². The van der Waals surface area contributed by atoms with Crippen molar-refractivity contribution in [3.05, 3.63) is 144 Å². The number of esters is 3. The van der Waals surface area contributed by atoms with E-state index in [1.807, 2.05) is 0 Å². The van der Waals surface area contributed by atoms with Gasteiger partial charge in [0.1, 0.15) is 12.7 Å². The van der Waals surface area contributed by atoms with Gasteiger partial charge < -0.3 is 23.7 Å². The Balaban J connectivity index is 1.50. The third kappa shape index (κ3) is 8.04. The highest BCUT2D eigenvalue weighted by Crippen LogP contribution is 2.37. The molecule has 1 fully saturated rings. The summed E-state index contributed by atoms with van der Waals surface area (Å²) in [6.07, 6.45) is -4.81. The molecule has 0 N–H and O–H groups in total. The van der Waals surface area contributed by atoms with Crippen LogP contribution in [0.1, 0.15) is 41.4 Å². The molecule has 1 aliphatic rings. The van der Waals surface area contributed by atoms with Gasteiger partial charge in [0.05, 0.1) is 21.9 Å². The van der Waals surface area contributed by atoms with E-state index in [2.05, 4.69) is 0 Å². The zero-order valence-electron chi connectivity index (χ0n) is 24.2. The van der Waals surface area contributed by atoms with Crippen molar-refractivity contribution in [1.29, 1.82) is 0 Å². The fraction of sp³-hybridized carbons (Fsp3) is 0.200. The summed E-state index contributed by atoms with van der Waals surface area (Å²) >= 11 is 0.834. The molecule has 0 amide bonds. The molecule has 5 rings (SSSR count). The third-order valence-corrected chi connectivity index (χ3v) is 8.26. The van der Waals surface area contributed by atoms with Crippen LogP contribution in [-0.2, 0) is 23.7 Å². The Bertz CT molecular complexity index is 1580. The van der Waals surface area contributed by atoms with Crippen LogP contribution in [0.3, 0.4) is 0 Å². The van der Waals surface area contributed by atoms with Crippen molar-refractivity contribution >= 4 is 34.8 Å². The van der Waals surface area contributed by atoms with E-state index in [1.165, 1.54) is 7.11 Å². The van der Waals surface area contributed by atoms with Crippen molar-refractivity contribution in [2.24, 2.45) is 0 Å². The summed E-state index contributed by atoms with van der Waals surface area (Å²) in [6, 6.07) is 33.5. The van der Waals surface area contributed by atoms with Gasteiger partial charge in [-0.25, -0.2) is 14.4 Å². The molecular weight excluding hydrogens is 596 g/mol. The summed E-state index contributed by atoms with van der Waals surface area (Å²) in [6.45, 7) is -0.313. The lowest BCUT2D eigenvalue weighted by molar-refractivity contribution is -0.258. The Labute approximate surface area is 264 Å². The first-order valence-electron chi connectivity index (χ1n) is 14.1. The summed E-state index contributed by atoms with van der Waals surface area (Å²) < 4.78 is 29.3. The van der Waals surface area contributed by atoms with Crippen LogP contribution in [0.25, 0.3) is 0 Å². The minimum Gasteiger partial charge on any atom is -0.459 e. The lowest BCUT2D eigenvalue weighted by atomic mass is 10.0. The predicted octanol–water partition coefficient (Wildman–Crippen LogP) is 5.61. The van der Waals surface area contributed by atoms with Gasteiger partial charge in [0.15, 0.2) is 18.5 Å². The molecule has 10 heteroatoms. The summed E-state index contributed by atoms with van der Waals surface area (Å²) in [5, 5.41) is -1.35. The van der Waals surface area contributed by atoms with Crippen LogP contribution in [0.5, 0.6) is 0 Å². The number of carbonyl (C=O) groups excluding carboxylic acids is 4. The molecule has 4 aromatic carbocycles. The molecule has 230 valence electrons. The van der Waals surface area contributed by atoms with E-state index in [-0.39, 0.29) is 22.8 Å². The van der Waals surface area contributed by atoms with Gasteiger partial charge in [-0.3, -0.25) is 4.79 Å². The van der Waals surface area contributed by atoms with Crippen LogP contribution in [0.4, 0.5) is 0 Å². The van der Waals surface area contributed by atoms with Crippen molar-refractivity contribution in [2.75, 3.05) is 13.7 Å². The zero-order chi connectivity index (χ0) is 31.6. The molecule has 0 spiro atoms. The molecule has 5 atom stereocenters. The number of benzene rings is 4. The second kappa shape index (κ2) is 15.3. The van der Waals surface area contributed by atoms with Crippen LogP contribution in [0.15, 0.2) is 121 Å². The van der Waals surface area contributed by atoms with Crippen LogP contribution >= 0.6 is 11.8 Å². The van der Waals surface area contributed by atoms with Crippen LogP contribution in [0.2, 0.25) is 0 Å². The summed E-state index contributed by atoms with van der Waals surface area (Å²) in [7, 11) is 1.35. The Hall–Kier alpha value is -4.77. The summed E-state index contributed by atoms with van der Waals surface area (Å²) in [5.74, 6) is -2.03. The SMILES string of the molecule is CO[C@H]1O[C@H](COC(=O)c2ccccc2)[C@@H](SC(=O)c2ccccc2)[C@H](OC(=O)c2ccccc2)[C@H]1OC(=O)c1ccccc1. The molecule has 0 saturated carbocycles. The molecule has 0 aromatic heterocycles. The molecule has 1 aliphatic heterocycles. The molecule has 0 bridgehead atoms. The zero-order valence-corrected chi connectivity index (χ0v) is 25.0. The van der Waals surface area contributed by atoms with Crippen molar-refractivity contribution in [1.82, 2.24) is 0 Å². The van der Waals surface area contributed by atoms with Crippen molar-refractivity contribution in [3.63, 3.8) is 0 Å². The first-order chi connectivity index (χ1) is 21.9. The van der Waals surface area contributed by atoms with Crippen molar-refractivity contribution < 1.29 is 42.9 Å². The lowest BCUT2D eigenvalue weighted by Gasteiger charge is -2.44. The average Bonchev–Trinajstić information content (AvgIpc) is 3.10. The Morgan fingerprint density at radius 1 is 0.600 bits per heavy atom. The predicted molar refractivity (Wildman–Crippen MR) is 166 cm³/mol. The highest BCUT2D eigenvalue weighted by Gasteiger charge is 2.52. The number of hydrogen-bond acceptors (Lipinski definition) is 10. The second-order valence-electron chi connectivity index (χ2n) is 9.95. The molecule has 9 nitrogen and oxygen atoms in total. The number of methoxy groups -OCH3 is 1. The Morgan fingerprint density at radius 2 is 1.02 bits per heavy atom. The van der Waals surface area contributed by atoms with E-state index in [1.54, 1.807) is 121 Å². The fourth-order valence-electron chi connectivity index (χ4n) is 4.72. The normalized spacial score (nSPS) is 20.9. The highest BCUT2D eigenvalue weighted by atomic mass is 32.2. The van der Waals surface area contributed by atoms with Crippen molar-refractivity contribution in [3.8, 4) is 0 Å². The first-order valence-corrected chi connectivity index (χ1v) is 15.0. The van der Waals surface area contributed by atoms with Crippen molar-refractivity contribution in [2.45, 2.75) is 29.9 Å². The smallest absolute Gasteiger partial charge is 0.338 e. The van der Waals surface area contributed by atoms with Gasteiger partial charge in [-0.1, -0.05) is 96.7 Å². The number of hydrogen-bond donors (Lipinski definition) is 0. The maximum atomic E-state index is 13.5. The Kier molecular flexibility index (Phi) is 10.8. The van der Waals surface area contributed by atoms with E-state index >= 15 is 0 Å². The first kappa shape index (κ1) is 31.6. The van der Waals surface area contributed by atoms with E-state index in [4.69, 9.17) is 23.7 Å². The second-order valence-corrected chi connectivity index (χ2v) is 11.1. The molecule has 45 heavy (non-hydrogen) atoms. The molecule has 1 heterocycles. The van der Waals surface area contributed by atoms with Gasteiger partial charge in [-0.2, -0.15) is 0 Å². The quantitative estimate of drug-likeness (QED) is 0.163. The fourth-order valence-corrected chi connectivity index (χ4v) is 5.88. The van der Waals surface area contributed by atoms with Gasteiger partial charge in [-0.15, -0.1) is 0 Å². The number of carbonyl (C=O) groups is 4. The highest BCUT2D eigenvalue weighted by molar-refractivity contribution is 8.14. The number of rotatable bonds is 10. The molecule has 4 aromatic rings. The van der Waals surface area contributed by atoms with Crippen LogP contribution in [0, 0.1) is 0 Å². The largest absolute Gasteiger partial charge is 0.459 e. The van der Waals surface area contributed by atoms with Gasteiger partial charge in [0, 0.05) is 12.7 Å². The molecule has 0 aliphatic carbocycles. The minimum atomic E-state index is -1.29. The average molecular weight is 627 g/mol. The monoisotopic (exact) mass is 626 g/mol. The Morgan fingerprint density at radius 3 is 1.49 bits per heavy atom. The molecule has 0 unspecified atom stereocenters. The molecular formula is C35H30O9S. The standard InChI is InChI=1S/C35H30O9S/c1-40-35-29(44-33(38)25-18-10-4-11-19-25)28(43-32(37)24-16-8-3-9-17-24)30(45-34(39)26-20-12-5-13-21-26)27(42-35)22-41-31(36)23-14-6-2-7-15-23/h2-21,27-30,35H,22H2,1H3/t27-,28-,29-,30-,35+/m1/s1. The van der Waals surface area contributed by atoms with E-state index in [0.717, 1.165) is 11.8 Å². The van der Waals surface area contributed by atoms with Crippen LogP contribution < -0.4 is 0 Å². The molecule has 0 radical (unpaired) electrons. The minimum absolute atomic E-state index is 0.247. The number of ether oxygens (including phenoxy) is 5. The summed E-state index contributed by atoms with van der Waals surface area (Å²) in [5.41, 5.74) is 1.21. The topological polar surface area (TPSA) is 114 Å². The van der Waals surface area contributed by atoms with E-state index in [9.17, 15) is 19.2 Å². The lowest BCUT2D eigenvalue weighted by Crippen LogP contribution is -2.61.